The van der Waals surface area contributed by atoms with E-state index in [1.54, 1.807) is 23.2 Å². The molecule has 0 aliphatic carbocycles. The molecule has 0 unspecified atom stereocenters. The third-order valence-electron chi connectivity index (χ3n) is 4.96. The number of hydrogen-bond acceptors (Lipinski definition) is 6. The van der Waals surface area contributed by atoms with Crippen LogP contribution in [0.25, 0.3) is 0 Å². The summed E-state index contributed by atoms with van der Waals surface area (Å²) in [6, 6.07) is 9.14. The molecule has 3 aromatic heterocycles. The van der Waals surface area contributed by atoms with E-state index in [9.17, 15) is 14.4 Å². The number of nitrogens with one attached hydrogen (secondary N) is 1. The van der Waals surface area contributed by atoms with E-state index in [-0.39, 0.29) is 18.0 Å². The van der Waals surface area contributed by atoms with Gasteiger partial charge in [-0.05, 0) is 24.3 Å². The first-order valence-electron chi connectivity index (χ1n) is 9.38. The second-order valence-corrected chi connectivity index (χ2v) is 6.87. The highest BCUT2D eigenvalue weighted by atomic mass is 16.3. The lowest BCUT2D eigenvalue weighted by atomic mass is 10.2. The molecule has 1 aliphatic rings. The van der Waals surface area contributed by atoms with Gasteiger partial charge in [-0.15, -0.1) is 0 Å². The number of pyridine rings is 1. The van der Waals surface area contributed by atoms with E-state index in [1.807, 2.05) is 18.2 Å². The van der Waals surface area contributed by atoms with Crippen LogP contribution >= 0.6 is 0 Å². The molecule has 0 atom stereocenters. The summed E-state index contributed by atoms with van der Waals surface area (Å²) in [5.41, 5.74) is -0.266. The van der Waals surface area contributed by atoms with E-state index in [2.05, 4.69) is 14.9 Å². The number of nitrogens with zero attached hydrogens (tertiary/aromatic N) is 4. The Morgan fingerprint density at radius 2 is 1.90 bits per heavy atom. The van der Waals surface area contributed by atoms with Gasteiger partial charge in [0, 0.05) is 45.1 Å². The number of aromatic nitrogens is 3. The molecule has 1 N–H and O–H groups in total. The summed E-state index contributed by atoms with van der Waals surface area (Å²) >= 11 is 0. The Balaban J connectivity index is 1.45. The Kier molecular flexibility index (Phi) is 5.39. The summed E-state index contributed by atoms with van der Waals surface area (Å²) in [4.78, 5) is 48.4. The Morgan fingerprint density at radius 3 is 2.59 bits per heavy atom. The molecule has 0 bridgehead atoms. The lowest BCUT2D eigenvalue weighted by Crippen LogP contribution is -2.50. The summed E-state index contributed by atoms with van der Waals surface area (Å²) in [5.74, 6) is 0.0854. The molecule has 0 spiro atoms. The van der Waals surface area contributed by atoms with Crippen molar-refractivity contribution in [2.24, 2.45) is 0 Å². The molecule has 1 aliphatic heterocycles. The van der Waals surface area contributed by atoms with Crippen LogP contribution in [0.3, 0.4) is 0 Å². The minimum absolute atomic E-state index is 0.0276. The molecule has 1 fully saturated rings. The van der Waals surface area contributed by atoms with Gasteiger partial charge in [-0.25, -0.2) is 4.79 Å². The van der Waals surface area contributed by atoms with Crippen LogP contribution in [0, 0.1) is 0 Å². The second-order valence-electron chi connectivity index (χ2n) is 6.87. The maximum atomic E-state index is 12.9. The standard InChI is InChI=1S/C20H21N5O4/c26-18(24-9-7-23(8-10-24)13-15-4-1-2-6-21-15)17-12-22-20(28)25(19(17)27)14-16-5-3-11-29-16/h1-6,11-12H,7-10,13-14H2,(H,22,28). The highest BCUT2D eigenvalue weighted by Gasteiger charge is 2.25. The lowest BCUT2D eigenvalue weighted by Gasteiger charge is -2.34. The summed E-state index contributed by atoms with van der Waals surface area (Å²) in [6.45, 7) is 3.07. The average Bonchev–Trinajstić information content (AvgIpc) is 3.25. The molecule has 0 saturated carbocycles. The van der Waals surface area contributed by atoms with Gasteiger partial charge in [-0.1, -0.05) is 6.07 Å². The van der Waals surface area contributed by atoms with Crippen molar-refractivity contribution in [3.63, 3.8) is 0 Å². The summed E-state index contributed by atoms with van der Waals surface area (Å²) in [6.07, 6.45) is 4.43. The third-order valence-corrected chi connectivity index (χ3v) is 4.96. The number of furan rings is 1. The van der Waals surface area contributed by atoms with Crippen molar-refractivity contribution in [1.82, 2.24) is 24.3 Å². The number of rotatable bonds is 5. The van der Waals surface area contributed by atoms with Crippen molar-refractivity contribution in [3.8, 4) is 0 Å². The molecule has 0 aromatic carbocycles. The summed E-state index contributed by atoms with van der Waals surface area (Å²) in [7, 11) is 0. The fourth-order valence-electron chi connectivity index (χ4n) is 3.37. The molecule has 29 heavy (non-hydrogen) atoms. The highest BCUT2D eigenvalue weighted by molar-refractivity contribution is 5.93. The van der Waals surface area contributed by atoms with Crippen molar-refractivity contribution in [2.75, 3.05) is 26.2 Å². The topological polar surface area (TPSA) is 104 Å². The minimum Gasteiger partial charge on any atom is -0.467 e. The van der Waals surface area contributed by atoms with E-state index in [0.717, 1.165) is 16.8 Å². The van der Waals surface area contributed by atoms with Gasteiger partial charge in [0.25, 0.3) is 11.5 Å². The second kappa shape index (κ2) is 8.27. The normalized spacial score (nSPS) is 14.8. The van der Waals surface area contributed by atoms with Crippen LogP contribution in [0.5, 0.6) is 0 Å². The van der Waals surface area contributed by atoms with Gasteiger partial charge in [-0.3, -0.25) is 24.0 Å². The first-order valence-corrected chi connectivity index (χ1v) is 9.38. The van der Waals surface area contributed by atoms with Crippen molar-refractivity contribution < 1.29 is 9.21 Å². The number of H-pyrrole nitrogens is 1. The predicted molar refractivity (Wildman–Crippen MR) is 105 cm³/mol. The molecule has 4 heterocycles. The third kappa shape index (κ3) is 4.19. The molecule has 1 amide bonds. The Bertz CT molecular complexity index is 1080. The monoisotopic (exact) mass is 395 g/mol. The molecular formula is C20H21N5O4. The molecule has 0 radical (unpaired) electrons. The highest BCUT2D eigenvalue weighted by Crippen LogP contribution is 2.09. The molecule has 150 valence electrons. The molecule has 4 rings (SSSR count). The fraction of sp³-hybridized carbons (Fsp3) is 0.300. The van der Waals surface area contributed by atoms with Gasteiger partial charge in [0.2, 0.25) is 0 Å². The van der Waals surface area contributed by atoms with Crippen molar-refractivity contribution in [1.29, 1.82) is 0 Å². The number of amides is 1. The largest absolute Gasteiger partial charge is 0.467 e. The zero-order valence-corrected chi connectivity index (χ0v) is 15.8. The molecule has 1 saturated heterocycles. The van der Waals surface area contributed by atoms with Crippen molar-refractivity contribution in [3.05, 3.63) is 86.8 Å². The van der Waals surface area contributed by atoms with Gasteiger partial charge >= 0.3 is 5.69 Å². The zero-order chi connectivity index (χ0) is 20.2. The maximum absolute atomic E-state index is 12.9. The van der Waals surface area contributed by atoms with Crippen molar-refractivity contribution >= 4 is 5.91 Å². The van der Waals surface area contributed by atoms with Crippen molar-refractivity contribution in [2.45, 2.75) is 13.1 Å². The predicted octanol–water partition coefficient (Wildman–Crippen LogP) is 0.531. The molecule has 3 aromatic rings. The summed E-state index contributed by atoms with van der Waals surface area (Å²) in [5, 5.41) is 0. The first kappa shape index (κ1) is 18.9. The van der Waals surface area contributed by atoms with Gasteiger partial charge in [-0.2, -0.15) is 0 Å². The number of carbonyl (C=O) groups excluding carboxylic acids is 1. The Hall–Kier alpha value is -3.46. The number of piperazine rings is 1. The Labute approximate surface area is 166 Å². The summed E-state index contributed by atoms with van der Waals surface area (Å²) < 4.78 is 6.18. The molecular weight excluding hydrogens is 374 g/mol. The molecule has 9 nitrogen and oxygen atoms in total. The quantitative estimate of drug-likeness (QED) is 0.676. The van der Waals surface area contributed by atoms with Crippen LogP contribution in [0.2, 0.25) is 0 Å². The lowest BCUT2D eigenvalue weighted by molar-refractivity contribution is 0.0624. The van der Waals surface area contributed by atoms with E-state index >= 15 is 0 Å². The first-order chi connectivity index (χ1) is 14.1. The van der Waals surface area contributed by atoms with Crippen LogP contribution in [-0.2, 0) is 13.1 Å². The van der Waals surface area contributed by atoms with Crippen LogP contribution in [0.15, 0.2) is 63.0 Å². The van der Waals surface area contributed by atoms with Gasteiger partial charge in [0.1, 0.15) is 11.3 Å². The Morgan fingerprint density at radius 1 is 1.07 bits per heavy atom. The zero-order valence-electron chi connectivity index (χ0n) is 15.8. The van der Waals surface area contributed by atoms with Crippen LogP contribution in [0.4, 0.5) is 0 Å². The number of hydrogen-bond donors (Lipinski definition) is 1. The average molecular weight is 395 g/mol. The van der Waals surface area contributed by atoms with E-state index < -0.39 is 11.2 Å². The van der Waals surface area contributed by atoms with E-state index in [1.165, 1.54) is 12.5 Å². The smallest absolute Gasteiger partial charge is 0.328 e. The van der Waals surface area contributed by atoms with Crippen LogP contribution in [0.1, 0.15) is 21.8 Å². The van der Waals surface area contributed by atoms with E-state index in [0.29, 0.717) is 31.9 Å². The maximum Gasteiger partial charge on any atom is 0.328 e. The van der Waals surface area contributed by atoms with Crippen LogP contribution in [-0.4, -0.2) is 56.4 Å². The fourth-order valence-corrected chi connectivity index (χ4v) is 3.37. The van der Waals surface area contributed by atoms with Gasteiger partial charge in [0.05, 0.1) is 18.5 Å². The van der Waals surface area contributed by atoms with Crippen LogP contribution < -0.4 is 11.2 Å². The minimum atomic E-state index is -0.619. The SMILES string of the molecule is O=C(c1c[nH]c(=O)n(Cc2ccco2)c1=O)N1CCN(Cc2ccccn2)CC1. The van der Waals surface area contributed by atoms with Gasteiger partial charge in [0.15, 0.2) is 0 Å². The number of aromatic amines is 1. The van der Waals surface area contributed by atoms with E-state index in [4.69, 9.17) is 4.42 Å². The van der Waals surface area contributed by atoms with Gasteiger partial charge < -0.3 is 14.3 Å². The number of carbonyl (C=O) groups is 1. The molecule has 9 heteroatoms.